The first-order valence-electron chi connectivity index (χ1n) is 26.8. The molecule has 0 aliphatic carbocycles. The lowest BCUT2D eigenvalue weighted by molar-refractivity contribution is -0.163. The molecule has 0 aromatic heterocycles. The summed E-state index contributed by atoms with van der Waals surface area (Å²) in [6.45, 7) is 7.66. The Morgan fingerprint density at radius 2 is 0.758 bits per heavy atom. The van der Waals surface area contributed by atoms with E-state index in [1.807, 2.05) is 0 Å². The Kier molecular flexibility index (Phi) is 50.9. The summed E-state index contributed by atoms with van der Waals surface area (Å²) in [6.07, 6.45) is 66.6. The second-order valence-electron chi connectivity index (χ2n) is 17.8. The van der Waals surface area contributed by atoms with Gasteiger partial charge in [-0.1, -0.05) is 236 Å². The van der Waals surface area contributed by atoms with Crippen LogP contribution in [-0.2, 0) is 23.8 Å². The Bertz CT molecular complexity index is 1070. The van der Waals surface area contributed by atoms with E-state index in [1.54, 1.807) is 0 Å². The maximum absolute atomic E-state index is 12.8. The summed E-state index contributed by atoms with van der Waals surface area (Å²) in [4.78, 5) is 25.4. The highest BCUT2D eigenvalue weighted by Crippen LogP contribution is 2.15. The average Bonchev–Trinajstić information content (AvgIpc) is 3.27. The molecule has 5 nitrogen and oxygen atoms in total. The third-order valence-electron chi connectivity index (χ3n) is 11.5. The molecule has 0 N–H and O–H groups in total. The quantitative estimate of drug-likeness (QED) is 0.0346. The van der Waals surface area contributed by atoms with Gasteiger partial charge in [-0.3, -0.25) is 9.59 Å². The molecular weight excluding hydrogens is 765 g/mol. The Morgan fingerprint density at radius 1 is 0.371 bits per heavy atom. The minimum Gasteiger partial charge on any atom is -0.462 e. The molecule has 62 heavy (non-hydrogen) atoms. The van der Waals surface area contributed by atoms with Crippen LogP contribution >= 0.6 is 0 Å². The fourth-order valence-electron chi connectivity index (χ4n) is 7.56. The zero-order valence-corrected chi connectivity index (χ0v) is 41.4. The van der Waals surface area contributed by atoms with Crippen LogP contribution in [0.5, 0.6) is 0 Å². The first kappa shape index (κ1) is 59.6. The molecule has 0 aromatic carbocycles. The summed E-state index contributed by atoms with van der Waals surface area (Å²) in [5.41, 5.74) is 0. The van der Waals surface area contributed by atoms with E-state index in [0.717, 1.165) is 77.0 Å². The third-order valence-corrected chi connectivity index (χ3v) is 11.5. The molecule has 0 saturated heterocycles. The van der Waals surface area contributed by atoms with Gasteiger partial charge in [0, 0.05) is 19.4 Å². The molecule has 360 valence electrons. The molecular formula is C57H102O5. The van der Waals surface area contributed by atoms with E-state index in [1.165, 1.54) is 154 Å². The molecule has 1 atom stereocenters. The van der Waals surface area contributed by atoms with Crippen LogP contribution in [0.25, 0.3) is 0 Å². The maximum atomic E-state index is 12.8. The Labute approximate surface area is 385 Å². The predicted molar refractivity (Wildman–Crippen MR) is 270 cm³/mol. The number of allylic oxidation sites excluding steroid dienone is 10. The monoisotopic (exact) mass is 867 g/mol. The van der Waals surface area contributed by atoms with Crippen LogP contribution < -0.4 is 0 Å². The second-order valence-corrected chi connectivity index (χ2v) is 17.8. The van der Waals surface area contributed by atoms with Gasteiger partial charge in [-0.05, 0) is 77.0 Å². The minimum atomic E-state index is -0.544. The van der Waals surface area contributed by atoms with Crippen LogP contribution in [0.3, 0.4) is 0 Å². The Hall–Kier alpha value is -2.40. The van der Waals surface area contributed by atoms with Gasteiger partial charge in [0.2, 0.25) is 0 Å². The minimum absolute atomic E-state index is 0.0773. The summed E-state index contributed by atoms with van der Waals surface area (Å²) >= 11 is 0. The van der Waals surface area contributed by atoms with Gasteiger partial charge in [-0.2, -0.15) is 0 Å². The van der Waals surface area contributed by atoms with E-state index >= 15 is 0 Å². The van der Waals surface area contributed by atoms with Crippen molar-refractivity contribution < 1.29 is 23.8 Å². The summed E-state index contributed by atoms with van der Waals surface area (Å²) in [6, 6.07) is 0. The number of rotatable bonds is 49. The summed E-state index contributed by atoms with van der Waals surface area (Å²) in [5, 5.41) is 0. The third kappa shape index (κ3) is 50.2. The van der Waals surface area contributed by atoms with Gasteiger partial charge in [0.25, 0.3) is 0 Å². The largest absolute Gasteiger partial charge is 0.462 e. The van der Waals surface area contributed by atoms with Crippen molar-refractivity contribution in [2.45, 2.75) is 271 Å². The molecule has 0 radical (unpaired) electrons. The number of carbonyl (C=O) groups excluding carboxylic acids is 2. The summed E-state index contributed by atoms with van der Waals surface area (Å²) in [5.74, 6) is -0.404. The molecule has 0 aromatic rings. The molecule has 0 saturated carbocycles. The zero-order valence-electron chi connectivity index (χ0n) is 41.4. The molecule has 0 rings (SSSR count). The number of esters is 2. The van der Waals surface area contributed by atoms with Gasteiger partial charge < -0.3 is 14.2 Å². The van der Waals surface area contributed by atoms with Crippen LogP contribution in [0, 0.1) is 0 Å². The van der Waals surface area contributed by atoms with Crippen molar-refractivity contribution in [1.29, 1.82) is 0 Å². The van der Waals surface area contributed by atoms with E-state index in [9.17, 15) is 9.59 Å². The normalized spacial score (nSPS) is 12.6. The van der Waals surface area contributed by atoms with E-state index in [2.05, 4.69) is 81.5 Å². The smallest absolute Gasteiger partial charge is 0.306 e. The average molecular weight is 867 g/mol. The van der Waals surface area contributed by atoms with Crippen molar-refractivity contribution >= 4 is 11.9 Å². The van der Waals surface area contributed by atoms with Gasteiger partial charge in [-0.25, -0.2) is 0 Å². The van der Waals surface area contributed by atoms with E-state index in [4.69, 9.17) is 14.2 Å². The molecule has 0 fully saturated rings. The SMILES string of the molecule is CC/C=C\C/C=C\C/C=C\CCCCCCCCCC(=O)OCC(COCCCCCCCC/C=C\C/C=C\CCC)OC(=O)CCCCCCCCCCCCCCCCC. The fraction of sp³-hybridized carbons (Fsp3) is 0.789. The predicted octanol–water partition coefficient (Wildman–Crippen LogP) is 18.1. The van der Waals surface area contributed by atoms with Crippen LogP contribution in [0.2, 0.25) is 0 Å². The topological polar surface area (TPSA) is 61.8 Å². The highest BCUT2D eigenvalue weighted by atomic mass is 16.6. The standard InChI is InChI=1S/C57H102O5/c1-4-7-10-13-16-19-22-25-28-29-31-32-35-38-41-44-47-50-56(58)61-54-55(53-60-52-49-46-43-40-37-34-27-24-21-18-15-12-9-6-3)62-57(59)51-48-45-42-39-36-33-30-26-23-20-17-14-11-8-5-2/h7,10,12,15-16,19,21,24-25,28,55H,4-6,8-9,11,13-14,17-18,20,22-23,26-27,29-54H2,1-3H3/b10-7-,15-12-,19-16-,24-21-,28-25-. The Morgan fingerprint density at radius 3 is 1.23 bits per heavy atom. The van der Waals surface area contributed by atoms with Crippen molar-refractivity contribution in [3.05, 3.63) is 60.8 Å². The summed E-state index contributed by atoms with van der Waals surface area (Å²) < 4.78 is 17.4. The molecule has 1 unspecified atom stereocenters. The molecule has 0 spiro atoms. The van der Waals surface area contributed by atoms with E-state index < -0.39 is 6.10 Å². The van der Waals surface area contributed by atoms with Crippen LogP contribution in [-0.4, -0.2) is 37.9 Å². The summed E-state index contributed by atoms with van der Waals surface area (Å²) in [7, 11) is 0. The Balaban J connectivity index is 4.27. The van der Waals surface area contributed by atoms with Crippen molar-refractivity contribution in [3.8, 4) is 0 Å². The highest BCUT2D eigenvalue weighted by Gasteiger charge is 2.17. The van der Waals surface area contributed by atoms with E-state index in [0.29, 0.717) is 19.4 Å². The maximum Gasteiger partial charge on any atom is 0.306 e. The first-order valence-corrected chi connectivity index (χ1v) is 26.8. The van der Waals surface area contributed by atoms with Crippen LogP contribution in [0.4, 0.5) is 0 Å². The van der Waals surface area contributed by atoms with Crippen LogP contribution in [0.1, 0.15) is 265 Å². The lowest BCUT2D eigenvalue weighted by Gasteiger charge is -2.18. The molecule has 0 bridgehead atoms. The molecule has 0 aliphatic rings. The number of hydrogen-bond donors (Lipinski definition) is 0. The van der Waals surface area contributed by atoms with E-state index in [-0.39, 0.29) is 25.2 Å². The van der Waals surface area contributed by atoms with Gasteiger partial charge in [0.15, 0.2) is 6.10 Å². The van der Waals surface area contributed by atoms with Crippen molar-refractivity contribution in [3.63, 3.8) is 0 Å². The number of carbonyl (C=O) groups is 2. The number of hydrogen-bond acceptors (Lipinski definition) is 5. The first-order chi connectivity index (χ1) is 30.6. The molecule has 0 aliphatic heterocycles. The van der Waals surface area contributed by atoms with Gasteiger partial charge in [0.1, 0.15) is 6.61 Å². The fourth-order valence-corrected chi connectivity index (χ4v) is 7.56. The van der Waals surface area contributed by atoms with Crippen LogP contribution in [0.15, 0.2) is 60.8 Å². The molecule has 0 amide bonds. The lowest BCUT2D eigenvalue weighted by atomic mass is 10.0. The molecule has 5 heteroatoms. The second kappa shape index (κ2) is 52.9. The van der Waals surface area contributed by atoms with Gasteiger partial charge >= 0.3 is 11.9 Å². The van der Waals surface area contributed by atoms with Crippen molar-refractivity contribution in [2.75, 3.05) is 19.8 Å². The number of ether oxygens (including phenoxy) is 3. The van der Waals surface area contributed by atoms with Gasteiger partial charge in [-0.15, -0.1) is 0 Å². The highest BCUT2D eigenvalue weighted by molar-refractivity contribution is 5.70. The molecule has 0 heterocycles. The lowest BCUT2D eigenvalue weighted by Crippen LogP contribution is -2.30. The van der Waals surface area contributed by atoms with Crippen molar-refractivity contribution in [2.24, 2.45) is 0 Å². The zero-order chi connectivity index (χ0) is 44.9. The number of unbranched alkanes of at least 4 members (excludes halogenated alkanes) is 28. The van der Waals surface area contributed by atoms with Crippen molar-refractivity contribution in [1.82, 2.24) is 0 Å². The van der Waals surface area contributed by atoms with Gasteiger partial charge in [0.05, 0.1) is 6.61 Å².